The van der Waals surface area contributed by atoms with E-state index in [2.05, 4.69) is 238 Å². The average molecular weight is 880 g/mol. The Morgan fingerprint density at radius 3 is 0.621 bits per heavy atom. The largest absolute Gasteiger partial charge is 1.00 e. The minimum atomic E-state index is 0. The van der Waals surface area contributed by atoms with Crippen molar-refractivity contribution in [2.75, 3.05) is 0 Å². The summed E-state index contributed by atoms with van der Waals surface area (Å²) in [5.41, 5.74) is 6.80. The maximum atomic E-state index is 3.25. The van der Waals surface area contributed by atoms with Crippen LogP contribution in [0.5, 0.6) is 0 Å². The molecular weight excluding hydrogens is 815 g/mol. The van der Waals surface area contributed by atoms with E-state index in [0.717, 1.165) is 0 Å². The van der Waals surface area contributed by atoms with Crippen LogP contribution in [0, 0.1) is 0 Å². The van der Waals surface area contributed by atoms with Gasteiger partial charge in [0.2, 0.25) is 0 Å². The molecule has 8 aromatic rings. The quantitative estimate of drug-likeness (QED) is 0.105. The van der Waals surface area contributed by atoms with Crippen LogP contribution in [0.4, 0.5) is 0 Å². The number of halogens is 2. The summed E-state index contributed by atoms with van der Waals surface area (Å²) < 4.78 is 0. The van der Waals surface area contributed by atoms with Crippen molar-refractivity contribution in [2.45, 2.75) is 105 Å². The first-order chi connectivity index (χ1) is 26.4. The average Bonchev–Trinajstić information content (AvgIpc) is 3.97. The van der Waals surface area contributed by atoms with Crippen LogP contribution in [0.25, 0.3) is 43.1 Å². The van der Waals surface area contributed by atoms with Crippen LogP contribution in [0.2, 0.25) is 0 Å². The van der Waals surface area contributed by atoms with Gasteiger partial charge < -0.3 is 24.8 Å². The monoisotopic (exact) mass is 878 g/mol. The van der Waals surface area contributed by atoms with Gasteiger partial charge in [-0.2, -0.15) is 0 Å². The van der Waals surface area contributed by atoms with Crippen LogP contribution in [0.3, 0.4) is 0 Å². The molecule has 0 radical (unpaired) electrons. The maximum absolute atomic E-state index is 3.25. The molecule has 0 saturated heterocycles. The Labute approximate surface area is 386 Å². The van der Waals surface area contributed by atoms with Gasteiger partial charge in [0.1, 0.15) is 0 Å². The molecule has 0 nitrogen and oxygen atoms in total. The van der Waals surface area contributed by atoms with Gasteiger partial charge in [-0.25, -0.2) is 0 Å². The Morgan fingerprint density at radius 2 is 0.466 bits per heavy atom. The second kappa shape index (κ2) is 23.2. The molecule has 0 spiro atoms. The van der Waals surface area contributed by atoms with E-state index in [-0.39, 0.29) is 46.5 Å². The second-order valence-corrected chi connectivity index (χ2v) is 18.3. The van der Waals surface area contributed by atoms with Gasteiger partial charge in [-0.05, 0) is 0 Å². The molecule has 0 heterocycles. The van der Waals surface area contributed by atoms with E-state index in [1.807, 2.05) is 0 Å². The SMILES string of the molecule is CC(C)(C)c1c[cH-]c2ccccc12.CC(C)(C)c1c[cH-]c2ccccc12.CC(C)(C)c1c[cH-]c2ccccc12.CC(C)(C)c1c[cH-]c2ccccc12.[CH2]=[Ti+2].[CH2]=[Ti+2].[Cl-].[Cl-]. The minimum absolute atomic E-state index is 0. The zero-order chi connectivity index (χ0) is 41.9. The Kier molecular flexibility index (Phi) is 21.2. The molecule has 304 valence electrons. The van der Waals surface area contributed by atoms with Crippen LogP contribution < -0.4 is 24.8 Å². The molecule has 0 aromatic heterocycles. The molecule has 8 aromatic carbocycles. The summed E-state index contributed by atoms with van der Waals surface area (Å²) in [4.78, 5) is 6.50. The smallest absolute Gasteiger partial charge is 1.00 e. The molecular formula is C54H64Cl2Ti2-2. The summed E-state index contributed by atoms with van der Waals surface area (Å²) in [6.45, 7) is 27.1. The molecule has 4 heteroatoms. The Morgan fingerprint density at radius 1 is 0.310 bits per heavy atom. The molecule has 0 aliphatic carbocycles. The topological polar surface area (TPSA) is 0 Å². The van der Waals surface area contributed by atoms with Gasteiger partial charge in [0, 0.05) is 0 Å². The number of hydrogen-bond acceptors (Lipinski definition) is 0. The third-order valence-corrected chi connectivity index (χ3v) is 9.95. The summed E-state index contributed by atoms with van der Waals surface area (Å²) in [5.74, 6) is 0. The first kappa shape index (κ1) is 53.1. The van der Waals surface area contributed by atoms with Gasteiger partial charge in [-0.1, -0.05) is 129 Å². The van der Waals surface area contributed by atoms with Gasteiger partial charge in [0.15, 0.2) is 0 Å². The van der Waals surface area contributed by atoms with Crippen molar-refractivity contribution in [3.8, 4) is 0 Å². The maximum Gasteiger partial charge on any atom is -1.00 e. The molecule has 0 unspecified atom stereocenters. The Bertz CT molecular complexity index is 2050. The third-order valence-electron chi connectivity index (χ3n) is 9.95. The first-order valence-electron chi connectivity index (χ1n) is 19.7. The molecule has 8 rings (SSSR count). The third kappa shape index (κ3) is 14.1. The molecule has 0 bridgehead atoms. The van der Waals surface area contributed by atoms with Crippen molar-refractivity contribution in [3.05, 3.63) is 168 Å². The predicted molar refractivity (Wildman–Crippen MR) is 247 cm³/mol. The van der Waals surface area contributed by atoms with Crippen molar-refractivity contribution in [2.24, 2.45) is 0 Å². The summed E-state index contributed by atoms with van der Waals surface area (Å²) in [5, 5.41) is 11.0. The minimum Gasteiger partial charge on any atom is -1.00 e. The van der Waals surface area contributed by atoms with Gasteiger partial charge in [-0.15, -0.1) is 187 Å². The van der Waals surface area contributed by atoms with Crippen LogP contribution in [-0.2, 0) is 61.6 Å². The molecule has 58 heavy (non-hydrogen) atoms. The van der Waals surface area contributed by atoms with Gasteiger partial charge >= 0.3 is 49.6 Å². The number of hydrogen-bond donors (Lipinski definition) is 0. The molecule has 0 N–H and O–H groups in total. The zero-order valence-electron chi connectivity index (χ0n) is 37.0. The Balaban J connectivity index is 0.000000371. The van der Waals surface area contributed by atoms with Crippen LogP contribution in [0.1, 0.15) is 105 Å². The number of rotatable bonds is 0. The van der Waals surface area contributed by atoms with Crippen molar-refractivity contribution in [1.82, 2.24) is 0 Å². The predicted octanol–water partition coefficient (Wildman–Crippen LogP) is 9.36. The van der Waals surface area contributed by atoms with Gasteiger partial charge in [-0.3, -0.25) is 0 Å². The first-order valence-corrected chi connectivity index (χ1v) is 21.9. The second-order valence-electron chi connectivity index (χ2n) is 18.3. The van der Waals surface area contributed by atoms with Crippen molar-refractivity contribution in [1.29, 1.82) is 0 Å². The van der Waals surface area contributed by atoms with E-state index in [4.69, 9.17) is 0 Å². The molecule has 0 atom stereocenters. The van der Waals surface area contributed by atoms with E-state index in [9.17, 15) is 0 Å². The fraction of sp³-hybridized carbons (Fsp3) is 0.296. The van der Waals surface area contributed by atoms with Crippen LogP contribution in [0.15, 0.2) is 146 Å². The summed E-state index contributed by atoms with van der Waals surface area (Å²) in [6.07, 6.45) is 0. The van der Waals surface area contributed by atoms with E-state index in [0.29, 0.717) is 0 Å². The van der Waals surface area contributed by atoms with Crippen molar-refractivity contribution >= 4 is 52.7 Å². The number of fused-ring (bicyclic) bond motifs is 4. The summed E-state index contributed by atoms with van der Waals surface area (Å²) >= 11 is 3.50. The molecule has 0 saturated carbocycles. The normalized spacial score (nSPS) is 11.2. The number of benzene rings is 4. The Hall–Kier alpha value is -2.93. The van der Waals surface area contributed by atoms with E-state index in [1.165, 1.54) is 65.3 Å². The van der Waals surface area contributed by atoms with Gasteiger partial charge in [0.25, 0.3) is 0 Å². The van der Waals surface area contributed by atoms with E-state index in [1.54, 1.807) is 39.9 Å². The molecule has 0 amide bonds. The fourth-order valence-corrected chi connectivity index (χ4v) is 7.22. The summed E-state index contributed by atoms with van der Waals surface area (Å²) in [6, 6.07) is 52.1. The van der Waals surface area contributed by atoms with Crippen LogP contribution >= 0.6 is 0 Å². The van der Waals surface area contributed by atoms with Crippen molar-refractivity contribution < 1.29 is 64.8 Å². The van der Waals surface area contributed by atoms with Gasteiger partial charge in [0.05, 0.1) is 0 Å². The van der Waals surface area contributed by atoms with Crippen molar-refractivity contribution in [3.63, 3.8) is 0 Å². The zero-order valence-corrected chi connectivity index (χ0v) is 41.7. The fourth-order valence-electron chi connectivity index (χ4n) is 7.22. The van der Waals surface area contributed by atoms with E-state index < -0.39 is 0 Å². The standard InChI is InChI=1S/4C13H15.2CH2.2ClH.2Ti/c4*1-13(2,3)12-9-8-10-6-4-5-7-11(10)12;;;;;;/h4*4-9H,1-3H3;2*1H2;2*1H;;/q4*-1;;;;;2*+2/p-2. The molecule has 0 fully saturated rings. The molecule has 0 aliphatic heterocycles. The molecule has 0 aliphatic rings. The van der Waals surface area contributed by atoms with Crippen LogP contribution in [-0.4, -0.2) is 9.63 Å². The van der Waals surface area contributed by atoms with E-state index >= 15 is 0 Å². The summed E-state index contributed by atoms with van der Waals surface area (Å²) in [7, 11) is 0.